The quantitative estimate of drug-likeness (QED) is 0.118. The number of fused-ring (bicyclic) bond motifs is 1. The largest absolute Gasteiger partial charge is 0.497 e. The zero-order valence-electron chi connectivity index (χ0n) is 28.1. The van der Waals surface area contributed by atoms with Gasteiger partial charge in [-0.05, 0) is 53.1 Å². The first kappa shape index (κ1) is 33.5. The first-order valence-electron chi connectivity index (χ1n) is 16.4. The Balaban J connectivity index is 1.27. The number of nitrogen functional groups attached to an aromatic ring is 1. The number of hydrogen-bond acceptors (Lipinski definition) is 11. The Morgan fingerprint density at radius 2 is 1.41 bits per heavy atom. The lowest BCUT2D eigenvalue weighted by Gasteiger charge is -2.39. The average Bonchev–Trinajstić information content (AvgIpc) is 3.81. The number of aromatic nitrogens is 4. The number of carbonyl (C=O) groups is 1. The summed E-state index contributed by atoms with van der Waals surface area (Å²) < 4.78 is 38.3. The van der Waals surface area contributed by atoms with Gasteiger partial charge in [-0.2, -0.15) is 0 Å². The molecule has 0 saturated carbocycles. The van der Waals surface area contributed by atoms with Crippen LogP contribution in [0.4, 0.5) is 5.82 Å². The molecule has 0 spiro atoms. The van der Waals surface area contributed by atoms with Gasteiger partial charge in [0.25, 0.3) is 0 Å². The highest BCUT2D eigenvalue weighted by atomic mass is 16.6. The minimum absolute atomic E-state index is 0.0992. The highest BCUT2D eigenvalue weighted by Gasteiger charge is 2.47. The molecule has 2 aromatic heterocycles. The molecule has 1 aliphatic heterocycles. The van der Waals surface area contributed by atoms with Crippen LogP contribution in [0.1, 0.15) is 29.3 Å². The molecule has 12 heteroatoms. The summed E-state index contributed by atoms with van der Waals surface area (Å²) in [4.78, 5) is 25.9. The summed E-state index contributed by atoms with van der Waals surface area (Å²) in [6.07, 6.45) is 1.47. The van der Waals surface area contributed by atoms with Crippen molar-refractivity contribution in [3.63, 3.8) is 0 Å². The Labute approximate surface area is 294 Å². The summed E-state index contributed by atoms with van der Waals surface area (Å²) in [5.41, 5.74) is 8.52. The number of ether oxygens (including phenoxy) is 6. The standard InChI is InChI=1S/C39H37N5O7/c1-46-29-17-13-27(14-18-29)39(26-9-5-3-6-10-26,28-15-19-30(47-2)20-16-28)51-32-21-34(44-25-43-36-37(40)41-24-42-38(36)44)50-33(32)22-49-35(45)23-48-31-11-7-4-8-12-31/h3-20,24-25,32-34H,21-23H2,1-2H3,(H2,40,41,42). The molecule has 6 aromatic rings. The van der Waals surface area contributed by atoms with Crippen LogP contribution in [0.2, 0.25) is 0 Å². The van der Waals surface area contributed by atoms with Gasteiger partial charge in [-0.1, -0.05) is 72.8 Å². The van der Waals surface area contributed by atoms with Crippen molar-refractivity contribution in [3.8, 4) is 17.2 Å². The minimum atomic E-state index is -1.15. The molecule has 0 radical (unpaired) electrons. The van der Waals surface area contributed by atoms with Gasteiger partial charge in [0, 0.05) is 6.42 Å². The van der Waals surface area contributed by atoms with Crippen LogP contribution < -0.4 is 19.9 Å². The maximum absolute atomic E-state index is 13.0. The van der Waals surface area contributed by atoms with Crippen molar-refractivity contribution < 1.29 is 33.2 Å². The van der Waals surface area contributed by atoms with Crippen LogP contribution in [-0.2, 0) is 24.6 Å². The molecule has 7 rings (SSSR count). The Morgan fingerprint density at radius 3 is 2.04 bits per heavy atom. The first-order chi connectivity index (χ1) is 25.0. The smallest absolute Gasteiger partial charge is 0.344 e. The summed E-state index contributed by atoms with van der Waals surface area (Å²) in [6.45, 7) is -0.363. The van der Waals surface area contributed by atoms with E-state index in [1.807, 2.05) is 97.1 Å². The van der Waals surface area contributed by atoms with Crippen LogP contribution in [-0.4, -0.2) is 65.1 Å². The van der Waals surface area contributed by atoms with E-state index in [0.717, 1.165) is 16.7 Å². The van der Waals surface area contributed by atoms with Gasteiger partial charge in [0.05, 0.1) is 26.7 Å². The van der Waals surface area contributed by atoms with E-state index in [1.54, 1.807) is 37.2 Å². The molecule has 51 heavy (non-hydrogen) atoms. The molecule has 12 nitrogen and oxygen atoms in total. The lowest BCUT2D eigenvalue weighted by atomic mass is 9.79. The third-order valence-electron chi connectivity index (χ3n) is 8.89. The molecule has 3 unspecified atom stereocenters. The van der Waals surface area contributed by atoms with Crippen LogP contribution in [0.5, 0.6) is 17.2 Å². The van der Waals surface area contributed by atoms with Gasteiger partial charge in [0.1, 0.15) is 53.6 Å². The third-order valence-corrected chi connectivity index (χ3v) is 8.89. The fourth-order valence-electron chi connectivity index (χ4n) is 6.36. The number of imidazole rings is 1. The van der Waals surface area contributed by atoms with Gasteiger partial charge in [-0.3, -0.25) is 4.57 Å². The molecule has 3 heterocycles. The summed E-state index contributed by atoms with van der Waals surface area (Å²) in [5, 5.41) is 0. The highest BCUT2D eigenvalue weighted by molar-refractivity contribution is 5.81. The molecule has 0 amide bonds. The number of hydrogen-bond donors (Lipinski definition) is 1. The number of para-hydroxylation sites is 1. The molecule has 3 atom stereocenters. The van der Waals surface area contributed by atoms with Crippen LogP contribution in [0.3, 0.4) is 0 Å². The van der Waals surface area contributed by atoms with E-state index < -0.39 is 30.0 Å². The minimum Gasteiger partial charge on any atom is -0.497 e. The van der Waals surface area contributed by atoms with Crippen LogP contribution >= 0.6 is 0 Å². The van der Waals surface area contributed by atoms with Gasteiger partial charge in [0.2, 0.25) is 0 Å². The Kier molecular flexibility index (Phi) is 9.77. The van der Waals surface area contributed by atoms with E-state index in [0.29, 0.717) is 34.8 Å². The number of nitrogens with two attached hydrogens (primary N) is 1. The number of carbonyl (C=O) groups excluding carboxylic acids is 1. The lowest BCUT2D eigenvalue weighted by Crippen LogP contribution is -2.41. The van der Waals surface area contributed by atoms with Gasteiger partial charge in [-0.25, -0.2) is 19.7 Å². The monoisotopic (exact) mass is 687 g/mol. The molecule has 0 aliphatic carbocycles. The molecule has 0 bridgehead atoms. The van der Waals surface area contributed by atoms with Crippen molar-refractivity contribution in [1.82, 2.24) is 19.5 Å². The van der Waals surface area contributed by atoms with Gasteiger partial charge < -0.3 is 34.2 Å². The molecule has 260 valence electrons. The topological polar surface area (TPSA) is 142 Å². The average molecular weight is 688 g/mol. The van der Waals surface area contributed by atoms with Crippen molar-refractivity contribution in [3.05, 3.63) is 139 Å². The van der Waals surface area contributed by atoms with Crippen molar-refractivity contribution >= 4 is 23.0 Å². The van der Waals surface area contributed by atoms with Crippen LogP contribution in [0.25, 0.3) is 11.2 Å². The molecule has 1 saturated heterocycles. The Morgan fingerprint density at radius 1 is 0.804 bits per heavy atom. The first-order valence-corrected chi connectivity index (χ1v) is 16.4. The number of anilines is 1. The molecule has 1 fully saturated rings. The Hall–Kier alpha value is -5.98. The molecule has 1 aliphatic rings. The second-order valence-corrected chi connectivity index (χ2v) is 11.9. The summed E-state index contributed by atoms with van der Waals surface area (Å²) >= 11 is 0. The van der Waals surface area contributed by atoms with Crippen molar-refractivity contribution in [2.24, 2.45) is 0 Å². The van der Waals surface area contributed by atoms with Gasteiger partial charge in [-0.15, -0.1) is 0 Å². The molecular weight excluding hydrogens is 650 g/mol. The van der Waals surface area contributed by atoms with E-state index in [1.165, 1.54) is 6.33 Å². The second-order valence-electron chi connectivity index (χ2n) is 11.9. The van der Waals surface area contributed by atoms with Crippen LogP contribution in [0, 0.1) is 0 Å². The summed E-state index contributed by atoms with van der Waals surface area (Å²) in [5.74, 6) is 1.69. The fraction of sp³-hybridized carbons (Fsp3) is 0.231. The maximum Gasteiger partial charge on any atom is 0.344 e. The second kappa shape index (κ2) is 14.9. The van der Waals surface area contributed by atoms with E-state index in [2.05, 4.69) is 15.0 Å². The van der Waals surface area contributed by atoms with Crippen molar-refractivity contribution in [2.45, 2.75) is 30.5 Å². The maximum atomic E-state index is 13.0. The highest BCUT2D eigenvalue weighted by Crippen LogP contribution is 2.46. The Bertz CT molecular complexity index is 2010. The number of esters is 1. The van der Waals surface area contributed by atoms with Gasteiger partial charge >= 0.3 is 5.97 Å². The molecular formula is C39H37N5O7. The van der Waals surface area contributed by atoms with E-state index in [-0.39, 0.29) is 19.0 Å². The van der Waals surface area contributed by atoms with E-state index in [4.69, 9.17) is 34.2 Å². The molecule has 2 N–H and O–H groups in total. The normalized spacial score (nSPS) is 17.3. The predicted molar refractivity (Wildman–Crippen MR) is 188 cm³/mol. The van der Waals surface area contributed by atoms with E-state index in [9.17, 15) is 4.79 Å². The van der Waals surface area contributed by atoms with Crippen molar-refractivity contribution in [1.29, 1.82) is 0 Å². The number of nitrogens with zero attached hydrogens (tertiary/aromatic N) is 4. The zero-order valence-corrected chi connectivity index (χ0v) is 28.1. The SMILES string of the molecule is COc1ccc(C(OC2CC(n3cnc4c(N)ncnc43)OC2COC(=O)COc2ccccc2)(c2ccccc2)c2ccc(OC)cc2)cc1. The van der Waals surface area contributed by atoms with Crippen LogP contribution in [0.15, 0.2) is 122 Å². The fourth-order valence-corrected chi connectivity index (χ4v) is 6.36. The number of benzene rings is 4. The third kappa shape index (κ3) is 6.91. The van der Waals surface area contributed by atoms with Crippen molar-refractivity contribution in [2.75, 3.05) is 33.2 Å². The summed E-state index contributed by atoms with van der Waals surface area (Å²) in [6, 6.07) is 34.6. The lowest BCUT2D eigenvalue weighted by molar-refractivity contribution is -0.155. The summed E-state index contributed by atoms with van der Waals surface area (Å²) in [7, 11) is 3.26. The predicted octanol–water partition coefficient (Wildman–Crippen LogP) is 5.71. The number of rotatable bonds is 13. The van der Waals surface area contributed by atoms with E-state index >= 15 is 0 Å². The number of methoxy groups -OCH3 is 2. The zero-order chi connectivity index (χ0) is 35.2. The van der Waals surface area contributed by atoms with Gasteiger partial charge in [0.15, 0.2) is 18.1 Å². The molecule has 4 aromatic carbocycles.